The second-order valence-electron chi connectivity index (χ2n) is 6.82. The van der Waals surface area contributed by atoms with Crippen LogP contribution in [0.5, 0.6) is 0 Å². The van der Waals surface area contributed by atoms with Crippen LogP contribution in [0.2, 0.25) is 0 Å². The number of hydrogen-bond donors (Lipinski definition) is 1. The van der Waals surface area contributed by atoms with E-state index in [9.17, 15) is 0 Å². The van der Waals surface area contributed by atoms with Gasteiger partial charge in [-0.25, -0.2) is 4.98 Å². The lowest BCUT2D eigenvalue weighted by Gasteiger charge is -2.28. The fourth-order valence-electron chi connectivity index (χ4n) is 3.81. The van der Waals surface area contributed by atoms with Gasteiger partial charge in [-0.15, -0.1) is 0 Å². The van der Waals surface area contributed by atoms with Crippen LogP contribution in [0.25, 0.3) is 5.82 Å². The Bertz CT molecular complexity index is 1090. The predicted octanol–water partition coefficient (Wildman–Crippen LogP) is 4.03. The summed E-state index contributed by atoms with van der Waals surface area (Å²) >= 11 is 5.72. The molecular weight excluding hydrogens is 382 g/mol. The van der Waals surface area contributed by atoms with Crippen molar-refractivity contribution < 1.29 is 4.42 Å². The van der Waals surface area contributed by atoms with E-state index in [-0.39, 0.29) is 12.1 Å². The molecule has 0 spiro atoms. The molecule has 1 aliphatic heterocycles. The van der Waals surface area contributed by atoms with Crippen molar-refractivity contribution >= 4 is 17.3 Å². The van der Waals surface area contributed by atoms with Crippen LogP contribution in [0.15, 0.2) is 89.9 Å². The molecule has 2 unspecified atom stereocenters. The van der Waals surface area contributed by atoms with E-state index in [0.29, 0.717) is 11.7 Å². The first-order chi connectivity index (χ1) is 14.3. The Morgan fingerprint density at radius 2 is 1.83 bits per heavy atom. The minimum absolute atomic E-state index is 0.0699. The molecule has 1 fully saturated rings. The number of hydrogen-bond acceptors (Lipinski definition) is 4. The Balaban J connectivity index is 1.61. The molecule has 6 nitrogen and oxygen atoms in total. The van der Waals surface area contributed by atoms with E-state index in [1.54, 1.807) is 12.5 Å². The van der Waals surface area contributed by atoms with E-state index in [4.69, 9.17) is 16.6 Å². The maximum absolute atomic E-state index is 5.72. The highest BCUT2D eigenvalue weighted by molar-refractivity contribution is 7.80. The van der Waals surface area contributed by atoms with Crippen LogP contribution in [-0.2, 0) is 6.54 Å². The molecule has 2 atom stereocenters. The third kappa shape index (κ3) is 3.30. The fraction of sp³-hybridized carbons (Fsp3) is 0.136. The number of nitrogens with zero attached hydrogens (tertiary/aromatic N) is 4. The molecule has 0 aliphatic carbocycles. The van der Waals surface area contributed by atoms with E-state index in [0.717, 1.165) is 23.0 Å². The van der Waals surface area contributed by atoms with Crippen molar-refractivity contribution in [3.63, 3.8) is 0 Å². The summed E-state index contributed by atoms with van der Waals surface area (Å²) in [5.74, 6) is 1.72. The third-order valence-electron chi connectivity index (χ3n) is 5.08. The van der Waals surface area contributed by atoms with Gasteiger partial charge in [0.05, 0.1) is 30.6 Å². The summed E-state index contributed by atoms with van der Waals surface area (Å²) in [5, 5.41) is 4.15. The van der Waals surface area contributed by atoms with Gasteiger partial charge in [0.2, 0.25) is 0 Å². The largest absolute Gasteiger partial charge is 0.467 e. The zero-order chi connectivity index (χ0) is 19.6. The van der Waals surface area contributed by atoms with Crippen molar-refractivity contribution in [3.05, 3.63) is 103 Å². The SMILES string of the molecule is S=C1NC(c2ccccn2)C(c2cccn2-c2ccccn2)N1Cc1ccco1. The Kier molecular flexibility index (Phi) is 4.57. The topological polar surface area (TPSA) is 59.1 Å². The molecule has 144 valence electrons. The van der Waals surface area contributed by atoms with E-state index >= 15 is 0 Å². The normalized spacial score (nSPS) is 18.8. The molecule has 0 amide bonds. The molecule has 0 saturated carbocycles. The van der Waals surface area contributed by atoms with Crippen molar-refractivity contribution in [3.8, 4) is 5.82 Å². The molecule has 1 saturated heterocycles. The van der Waals surface area contributed by atoms with Gasteiger partial charge in [-0.2, -0.15) is 0 Å². The van der Waals surface area contributed by atoms with Gasteiger partial charge in [0.25, 0.3) is 0 Å². The fourth-order valence-corrected chi connectivity index (χ4v) is 4.11. The summed E-state index contributed by atoms with van der Waals surface area (Å²) < 4.78 is 7.70. The van der Waals surface area contributed by atoms with Gasteiger partial charge in [0, 0.05) is 24.3 Å². The van der Waals surface area contributed by atoms with Gasteiger partial charge in [-0.05, 0) is 60.7 Å². The molecule has 5 rings (SSSR count). The zero-order valence-corrected chi connectivity index (χ0v) is 16.4. The summed E-state index contributed by atoms with van der Waals surface area (Å²) in [7, 11) is 0. The second kappa shape index (κ2) is 7.52. The molecule has 1 aliphatic rings. The highest BCUT2D eigenvalue weighted by Crippen LogP contribution is 2.40. The molecule has 7 heteroatoms. The summed E-state index contributed by atoms with van der Waals surface area (Å²) in [5.41, 5.74) is 2.02. The summed E-state index contributed by atoms with van der Waals surface area (Å²) in [6.07, 6.45) is 7.32. The molecule has 0 bridgehead atoms. The van der Waals surface area contributed by atoms with Crippen LogP contribution in [0.3, 0.4) is 0 Å². The summed E-state index contributed by atoms with van der Waals surface area (Å²) in [6.45, 7) is 0.570. The van der Waals surface area contributed by atoms with Gasteiger partial charge >= 0.3 is 0 Å². The van der Waals surface area contributed by atoms with E-state index in [1.165, 1.54) is 0 Å². The number of rotatable bonds is 5. The standard InChI is InChI=1S/C22H19N5OS/c29-22-25-20(17-8-1-3-11-23-17)21(27(22)15-16-7-6-14-28-16)18-9-5-13-26(18)19-10-2-4-12-24-19/h1-14,20-21H,15H2,(H,25,29). The van der Waals surface area contributed by atoms with Crippen molar-refractivity contribution in [2.24, 2.45) is 0 Å². The summed E-state index contributed by atoms with van der Waals surface area (Å²) in [6, 6.07) is 19.7. The maximum atomic E-state index is 5.72. The molecule has 5 heterocycles. The van der Waals surface area contributed by atoms with Crippen LogP contribution in [0, 0.1) is 0 Å². The quantitative estimate of drug-likeness (QED) is 0.510. The second-order valence-corrected chi connectivity index (χ2v) is 7.21. The van der Waals surface area contributed by atoms with Gasteiger partial charge in [0.15, 0.2) is 5.11 Å². The zero-order valence-electron chi connectivity index (χ0n) is 15.6. The van der Waals surface area contributed by atoms with Crippen LogP contribution >= 0.6 is 12.2 Å². The molecule has 1 N–H and O–H groups in total. The Morgan fingerprint density at radius 1 is 0.966 bits per heavy atom. The molecule has 4 aromatic rings. The Hall–Kier alpha value is -3.45. The van der Waals surface area contributed by atoms with Crippen LogP contribution in [-0.4, -0.2) is 24.5 Å². The van der Waals surface area contributed by atoms with E-state index < -0.39 is 0 Å². The van der Waals surface area contributed by atoms with Gasteiger partial charge < -0.3 is 19.2 Å². The number of thiocarbonyl (C=S) groups is 1. The third-order valence-corrected chi connectivity index (χ3v) is 5.44. The van der Waals surface area contributed by atoms with Crippen molar-refractivity contribution in [1.82, 2.24) is 24.8 Å². The molecular formula is C22H19N5OS. The smallest absolute Gasteiger partial charge is 0.170 e. The number of pyridine rings is 2. The number of furan rings is 1. The first kappa shape index (κ1) is 17.6. The van der Waals surface area contributed by atoms with Crippen molar-refractivity contribution in [1.29, 1.82) is 0 Å². The van der Waals surface area contributed by atoms with Crippen molar-refractivity contribution in [2.45, 2.75) is 18.6 Å². The Morgan fingerprint density at radius 3 is 2.55 bits per heavy atom. The van der Waals surface area contributed by atoms with Crippen molar-refractivity contribution in [2.75, 3.05) is 0 Å². The van der Waals surface area contributed by atoms with Crippen LogP contribution in [0.4, 0.5) is 0 Å². The molecule has 0 radical (unpaired) electrons. The number of nitrogens with one attached hydrogen (secondary N) is 1. The van der Waals surface area contributed by atoms with E-state index in [2.05, 4.69) is 30.8 Å². The predicted molar refractivity (Wildman–Crippen MR) is 113 cm³/mol. The molecule has 4 aromatic heterocycles. The number of aromatic nitrogens is 3. The lowest BCUT2D eigenvalue weighted by molar-refractivity contribution is 0.280. The molecule has 0 aromatic carbocycles. The average molecular weight is 401 g/mol. The monoisotopic (exact) mass is 401 g/mol. The first-order valence-corrected chi connectivity index (χ1v) is 9.81. The highest BCUT2D eigenvalue weighted by Gasteiger charge is 2.41. The van der Waals surface area contributed by atoms with E-state index in [1.807, 2.05) is 67.0 Å². The van der Waals surface area contributed by atoms with Gasteiger partial charge in [-0.1, -0.05) is 12.1 Å². The van der Waals surface area contributed by atoms with Crippen LogP contribution in [0.1, 0.15) is 29.2 Å². The van der Waals surface area contributed by atoms with Crippen LogP contribution < -0.4 is 5.32 Å². The minimum atomic E-state index is -0.0870. The lowest BCUT2D eigenvalue weighted by atomic mass is 10.0. The lowest BCUT2D eigenvalue weighted by Crippen LogP contribution is -2.29. The summed E-state index contributed by atoms with van der Waals surface area (Å²) in [4.78, 5) is 11.3. The molecule has 29 heavy (non-hydrogen) atoms. The van der Waals surface area contributed by atoms with Gasteiger partial charge in [0.1, 0.15) is 11.6 Å². The maximum Gasteiger partial charge on any atom is 0.170 e. The first-order valence-electron chi connectivity index (χ1n) is 9.40. The van der Waals surface area contributed by atoms with Gasteiger partial charge in [-0.3, -0.25) is 4.98 Å². The average Bonchev–Trinajstić information content (AvgIpc) is 3.51. The minimum Gasteiger partial charge on any atom is -0.467 e. The Labute approximate surface area is 173 Å². The highest BCUT2D eigenvalue weighted by atomic mass is 32.1.